The molecule has 1 N–H and O–H groups in total. The lowest BCUT2D eigenvalue weighted by atomic mass is 10.0. The zero-order valence-electron chi connectivity index (χ0n) is 26.6. The van der Waals surface area contributed by atoms with Crippen LogP contribution in [0.2, 0.25) is 0 Å². The van der Waals surface area contributed by atoms with Crippen molar-refractivity contribution < 1.29 is 32.5 Å². The van der Waals surface area contributed by atoms with Crippen molar-refractivity contribution in [3.63, 3.8) is 0 Å². The summed E-state index contributed by atoms with van der Waals surface area (Å²) < 4.78 is 38.8. The van der Waals surface area contributed by atoms with Crippen molar-refractivity contribution in [1.82, 2.24) is 4.57 Å². The standard InChI is InChI=1S/C33H57N2O6P/c1-4-7-8-9-10-11-12-13-14-15-16-17-18-19-25-38-28-33(39-6-3)29-40-42(36,37)41-32-22-20-21-31(26-32)27-35-24-23-34(5-2)30-35/h20-24,26,30,33H,4-19,25,27-29H2,1-3H3/p+1. The first kappa shape index (κ1) is 36.5. The molecule has 2 atom stereocenters. The van der Waals surface area contributed by atoms with Crippen molar-refractivity contribution in [2.45, 2.75) is 130 Å². The van der Waals surface area contributed by atoms with Crippen molar-refractivity contribution in [1.29, 1.82) is 0 Å². The zero-order chi connectivity index (χ0) is 30.3. The number of aryl methyl sites for hydroxylation is 1. The molecule has 1 aromatic carbocycles. The fraction of sp³-hybridized carbons (Fsp3) is 0.727. The number of rotatable bonds is 27. The lowest BCUT2D eigenvalue weighted by Crippen LogP contribution is -2.28. The maximum absolute atomic E-state index is 12.6. The Morgan fingerprint density at radius 2 is 1.52 bits per heavy atom. The van der Waals surface area contributed by atoms with Crippen molar-refractivity contribution >= 4 is 7.82 Å². The molecule has 0 aliphatic rings. The number of unbranched alkanes of at least 4 members (excludes halogenated alkanes) is 13. The Kier molecular flexibility index (Phi) is 19.8. The van der Waals surface area contributed by atoms with Gasteiger partial charge in [0.05, 0.1) is 19.8 Å². The van der Waals surface area contributed by atoms with Gasteiger partial charge in [-0.05, 0) is 38.0 Å². The van der Waals surface area contributed by atoms with Gasteiger partial charge in [0.1, 0.15) is 30.8 Å². The van der Waals surface area contributed by atoms with E-state index in [9.17, 15) is 9.46 Å². The summed E-state index contributed by atoms with van der Waals surface area (Å²) in [6, 6.07) is 7.16. The van der Waals surface area contributed by atoms with Crippen LogP contribution in [0.4, 0.5) is 0 Å². The van der Waals surface area contributed by atoms with Gasteiger partial charge in [-0.2, -0.15) is 0 Å². The van der Waals surface area contributed by atoms with Gasteiger partial charge in [-0.25, -0.2) is 13.7 Å². The smallest absolute Gasteiger partial charge is 0.404 e. The average Bonchev–Trinajstić information content (AvgIpc) is 3.43. The third-order valence-electron chi connectivity index (χ3n) is 7.37. The van der Waals surface area contributed by atoms with Crippen molar-refractivity contribution in [2.75, 3.05) is 26.4 Å². The van der Waals surface area contributed by atoms with Crippen molar-refractivity contribution in [3.8, 4) is 5.75 Å². The van der Waals surface area contributed by atoms with E-state index in [0.29, 0.717) is 26.4 Å². The van der Waals surface area contributed by atoms with Gasteiger partial charge in [0.25, 0.3) is 0 Å². The molecular formula is C33H58N2O6P+. The second kappa shape index (κ2) is 22.8. The van der Waals surface area contributed by atoms with Crippen LogP contribution in [0, 0.1) is 0 Å². The van der Waals surface area contributed by atoms with Crippen LogP contribution in [-0.4, -0.2) is 42.0 Å². The number of phosphoric ester groups is 1. The van der Waals surface area contributed by atoms with E-state index in [0.717, 1.165) is 24.9 Å². The molecule has 2 aromatic rings. The van der Waals surface area contributed by atoms with Gasteiger partial charge in [0, 0.05) is 13.2 Å². The van der Waals surface area contributed by atoms with Crippen LogP contribution in [0.15, 0.2) is 43.0 Å². The van der Waals surface area contributed by atoms with Gasteiger partial charge < -0.3 is 14.0 Å². The third kappa shape index (κ3) is 17.4. The number of ether oxygens (including phenoxy) is 2. The first-order valence-electron chi connectivity index (χ1n) is 16.5. The molecule has 0 fully saturated rings. The summed E-state index contributed by atoms with van der Waals surface area (Å²) >= 11 is 0. The van der Waals surface area contributed by atoms with E-state index in [2.05, 4.69) is 18.4 Å². The van der Waals surface area contributed by atoms with E-state index in [1.54, 1.807) is 18.2 Å². The first-order valence-corrected chi connectivity index (χ1v) is 17.9. The molecule has 0 saturated heterocycles. The van der Waals surface area contributed by atoms with E-state index in [1.165, 1.54) is 77.0 Å². The molecule has 8 nitrogen and oxygen atoms in total. The van der Waals surface area contributed by atoms with Gasteiger partial charge >= 0.3 is 7.82 Å². The zero-order valence-corrected chi connectivity index (χ0v) is 27.5. The summed E-state index contributed by atoms with van der Waals surface area (Å²) in [5, 5.41) is 0. The summed E-state index contributed by atoms with van der Waals surface area (Å²) in [6.45, 7) is 9.12. The highest BCUT2D eigenvalue weighted by Gasteiger charge is 2.25. The Bertz CT molecular complexity index is 985. The Balaban J connectivity index is 1.55. The number of aromatic nitrogens is 2. The second-order valence-electron chi connectivity index (χ2n) is 11.2. The molecule has 0 aliphatic heterocycles. The Morgan fingerprint density at radius 1 is 0.881 bits per heavy atom. The molecule has 0 saturated carbocycles. The number of imidazole rings is 1. The lowest BCUT2D eigenvalue weighted by molar-refractivity contribution is -0.693. The number of nitrogens with zero attached hydrogens (tertiary/aromatic N) is 2. The molecular weight excluding hydrogens is 551 g/mol. The molecule has 0 spiro atoms. The molecule has 9 heteroatoms. The van der Waals surface area contributed by atoms with Crippen LogP contribution >= 0.6 is 7.82 Å². The largest absolute Gasteiger partial charge is 0.527 e. The van der Waals surface area contributed by atoms with Crippen LogP contribution in [0.3, 0.4) is 0 Å². The Morgan fingerprint density at radius 3 is 2.12 bits per heavy atom. The van der Waals surface area contributed by atoms with Crippen molar-refractivity contribution in [3.05, 3.63) is 48.5 Å². The predicted octanol–water partition coefficient (Wildman–Crippen LogP) is 8.24. The quantitative estimate of drug-likeness (QED) is 0.0624. The van der Waals surface area contributed by atoms with Gasteiger partial charge in [-0.3, -0.25) is 9.42 Å². The maximum atomic E-state index is 12.6. The minimum atomic E-state index is -4.32. The average molecular weight is 610 g/mol. The van der Waals surface area contributed by atoms with Gasteiger partial charge in [0.15, 0.2) is 0 Å². The number of hydrogen-bond acceptors (Lipinski definition) is 5. The van der Waals surface area contributed by atoms with Gasteiger partial charge in [-0.1, -0.05) is 103 Å². The minimum Gasteiger partial charge on any atom is -0.404 e. The third-order valence-corrected chi connectivity index (χ3v) is 8.28. The topological polar surface area (TPSA) is 83.0 Å². The molecule has 2 unspecified atom stereocenters. The normalized spacial score (nSPS) is 13.7. The summed E-state index contributed by atoms with van der Waals surface area (Å²) in [5.74, 6) is 0.288. The van der Waals surface area contributed by atoms with Crippen LogP contribution in [0.1, 0.15) is 116 Å². The molecule has 2 rings (SSSR count). The van der Waals surface area contributed by atoms with Crippen LogP contribution in [0.5, 0.6) is 5.75 Å². The molecule has 1 heterocycles. The molecule has 240 valence electrons. The number of phosphoric acid groups is 1. The van der Waals surface area contributed by atoms with Crippen LogP contribution in [-0.2, 0) is 31.7 Å². The number of hydrogen-bond donors (Lipinski definition) is 1. The number of benzene rings is 1. The molecule has 0 bridgehead atoms. The van der Waals surface area contributed by atoms with Crippen LogP contribution < -0.4 is 9.09 Å². The fourth-order valence-corrected chi connectivity index (χ4v) is 5.75. The van der Waals surface area contributed by atoms with Gasteiger partial charge in [0.2, 0.25) is 6.33 Å². The minimum absolute atomic E-state index is 0.0829. The van der Waals surface area contributed by atoms with E-state index in [4.69, 9.17) is 18.5 Å². The van der Waals surface area contributed by atoms with Crippen LogP contribution in [0.25, 0.3) is 0 Å². The van der Waals surface area contributed by atoms with E-state index >= 15 is 0 Å². The molecule has 0 aliphatic carbocycles. The highest BCUT2D eigenvalue weighted by molar-refractivity contribution is 7.47. The summed E-state index contributed by atoms with van der Waals surface area (Å²) in [5.41, 5.74) is 0.954. The maximum Gasteiger partial charge on any atom is 0.527 e. The Labute approximate surface area is 255 Å². The molecule has 42 heavy (non-hydrogen) atoms. The predicted molar refractivity (Wildman–Crippen MR) is 169 cm³/mol. The van der Waals surface area contributed by atoms with Crippen molar-refractivity contribution in [2.24, 2.45) is 0 Å². The SMILES string of the molecule is CCCCCCCCCCCCCCCCOCC(COP(=O)(O)Oc1cccc(Cn2cc[n+](CC)c2)c1)OCC. The molecule has 0 amide bonds. The molecule has 1 aromatic heterocycles. The summed E-state index contributed by atoms with van der Waals surface area (Å²) in [7, 11) is -4.32. The van der Waals surface area contributed by atoms with E-state index < -0.39 is 13.9 Å². The monoisotopic (exact) mass is 609 g/mol. The Hall–Kier alpha value is -1.70. The summed E-state index contributed by atoms with van der Waals surface area (Å²) in [4.78, 5) is 10.3. The highest BCUT2D eigenvalue weighted by atomic mass is 31.2. The van der Waals surface area contributed by atoms with E-state index in [1.807, 2.05) is 36.3 Å². The van der Waals surface area contributed by atoms with Gasteiger partial charge in [-0.15, -0.1) is 0 Å². The highest BCUT2D eigenvalue weighted by Crippen LogP contribution is 2.44. The summed E-state index contributed by atoms with van der Waals surface area (Å²) in [6.07, 6.45) is 24.1. The second-order valence-corrected chi connectivity index (χ2v) is 12.5. The van der Waals surface area contributed by atoms with E-state index in [-0.39, 0.29) is 12.4 Å². The fourth-order valence-electron chi connectivity index (χ4n) is 4.96. The molecule has 0 radical (unpaired) electrons. The first-order chi connectivity index (χ1) is 20.5. The lowest BCUT2D eigenvalue weighted by Gasteiger charge is -2.19.